The van der Waals surface area contributed by atoms with Crippen molar-refractivity contribution in [1.82, 2.24) is 0 Å². The highest BCUT2D eigenvalue weighted by atomic mass is 79.9. The highest BCUT2D eigenvalue weighted by Crippen LogP contribution is 2.24. The minimum atomic E-state index is 0.0953. The molecule has 2 nitrogen and oxygen atoms in total. The molecule has 0 aromatic carbocycles. The predicted molar refractivity (Wildman–Crippen MR) is 50.4 cm³/mol. The van der Waals surface area contributed by atoms with E-state index in [-0.39, 0.29) is 5.92 Å². The first-order valence-electron chi connectivity index (χ1n) is 3.14. The summed E-state index contributed by atoms with van der Waals surface area (Å²) in [6, 6.07) is 0. The van der Waals surface area contributed by atoms with Gasteiger partial charge in [0.2, 0.25) is 0 Å². The zero-order valence-corrected chi connectivity index (χ0v) is 7.80. The van der Waals surface area contributed by atoms with E-state index in [1.54, 1.807) is 0 Å². The Morgan fingerprint density at radius 3 is 3.09 bits per heavy atom. The van der Waals surface area contributed by atoms with Gasteiger partial charge in [-0.05, 0) is 6.08 Å². The molecule has 1 heterocycles. The topological polar surface area (TPSA) is 24.7 Å². The van der Waals surface area contributed by atoms with Crippen molar-refractivity contribution in [2.24, 2.45) is 16.1 Å². The molecule has 0 fully saturated rings. The Kier molecular flexibility index (Phi) is 1.69. The fourth-order valence-corrected chi connectivity index (χ4v) is 1.64. The molecule has 1 atom stereocenters. The third-order valence-corrected chi connectivity index (χ3v) is 2.37. The van der Waals surface area contributed by atoms with E-state index < -0.39 is 0 Å². The number of allylic oxidation sites excluding steroid dienone is 4. The predicted octanol–water partition coefficient (Wildman–Crippen LogP) is 2.46. The molecule has 0 N–H and O–H groups in total. The van der Waals surface area contributed by atoms with E-state index in [2.05, 4.69) is 26.1 Å². The third kappa shape index (κ3) is 1.19. The van der Waals surface area contributed by atoms with Crippen LogP contribution in [0.25, 0.3) is 0 Å². The van der Waals surface area contributed by atoms with Gasteiger partial charge >= 0.3 is 0 Å². The van der Waals surface area contributed by atoms with E-state index in [9.17, 15) is 0 Å². The average molecular weight is 231 g/mol. The third-order valence-electron chi connectivity index (χ3n) is 1.57. The molecule has 1 aliphatic heterocycles. The molecule has 4 heteroatoms. The fourth-order valence-electron chi connectivity index (χ4n) is 1.03. The highest BCUT2D eigenvalue weighted by molar-refractivity contribution is 9.11. The van der Waals surface area contributed by atoms with Crippen LogP contribution in [0.2, 0.25) is 0 Å². The minimum absolute atomic E-state index is 0.0953. The summed E-state index contributed by atoms with van der Waals surface area (Å²) in [5.41, 5.74) is 0.907. The number of hydrogen-bond donors (Lipinski definition) is 0. The molecule has 0 aromatic heterocycles. The van der Waals surface area contributed by atoms with Gasteiger partial charge in [0.05, 0.1) is 11.6 Å². The van der Waals surface area contributed by atoms with Crippen LogP contribution in [0.4, 0.5) is 0 Å². The van der Waals surface area contributed by atoms with Crippen LogP contribution in [0.1, 0.15) is 0 Å². The van der Waals surface area contributed by atoms with Gasteiger partial charge in [0.25, 0.3) is 0 Å². The molecule has 0 amide bonds. The van der Waals surface area contributed by atoms with Crippen molar-refractivity contribution in [1.29, 1.82) is 0 Å². The smallest absolute Gasteiger partial charge is 0.141 e. The maximum atomic E-state index is 5.77. The molecule has 2 aliphatic rings. The van der Waals surface area contributed by atoms with Crippen molar-refractivity contribution >= 4 is 38.4 Å². The molecule has 0 unspecified atom stereocenters. The Labute approximate surface area is 77.5 Å². The summed E-state index contributed by atoms with van der Waals surface area (Å²) in [6.07, 6.45) is 5.85. The summed E-state index contributed by atoms with van der Waals surface area (Å²) in [7, 11) is 0. The Morgan fingerprint density at radius 2 is 2.27 bits per heavy atom. The number of hydrogen-bond acceptors (Lipinski definition) is 2. The lowest BCUT2D eigenvalue weighted by atomic mass is 10.0. The van der Waals surface area contributed by atoms with Crippen molar-refractivity contribution in [2.45, 2.75) is 0 Å². The Morgan fingerprint density at radius 1 is 1.45 bits per heavy atom. The minimum Gasteiger partial charge on any atom is -0.153 e. The maximum Gasteiger partial charge on any atom is 0.141 e. The van der Waals surface area contributed by atoms with Crippen molar-refractivity contribution in [2.75, 3.05) is 0 Å². The van der Waals surface area contributed by atoms with Crippen LogP contribution in [0, 0.1) is 5.92 Å². The van der Waals surface area contributed by atoms with Gasteiger partial charge in [-0.25, -0.2) is 0 Å². The molecule has 0 spiro atoms. The first-order chi connectivity index (χ1) is 5.27. The van der Waals surface area contributed by atoms with E-state index in [0.29, 0.717) is 5.17 Å². The van der Waals surface area contributed by atoms with E-state index >= 15 is 0 Å². The van der Waals surface area contributed by atoms with Crippen molar-refractivity contribution < 1.29 is 0 Å². The second kappa shape index (κ2) is 2.57. The highest BCUT2D eigenvalue weighted by Gasteiger charge is 2.23. The van der Waals surface area contributed by atoms with Gasteiger partial charge < -0.3 is 0 Å². The van der Waals surface area contributed by atoms with Gasteiger partial charge in [0, 0.05) is 4.48 Å². The molecule has 0 saturated heterocycles. The summed E-state index contributed by atoms with van der Waals surface area (Å²) in [5.74, 6) is 0.0953. The van der Waals surface area contributed by atoms with Gasteiger partial charge in [0.1, 0.15) is 5.17 Å². The monoisotopic (exact) mass is 230 g/mol. The molecular weight excluding hydrogens is 227 g/mol. The lowest BCUT2D eigenvalue weighted by molar-refractivity contribution is 1.26. The molecule has 0 bridgehead atoms. The molecule has 0 saturated carbocycles. The lowest BCUT2D eigenvalue weighted by Crippen LogP contribution is -2.14. The van der Waals surface area contributed by atoms with Crippen LogP contribution < -0.4 is 0 Å². The molecule has 0 radical (unpaired) electrons. The van der Waals surface area contributed by atoms with E-state index in [1.165, 1.54) is 0 Å². The second-order valence-corrected chi connectivity index (χ2v) is 3.62. The molecule has 11 heavy (non-hydrogen) atoms. The fraction of sp³-hybridized carbons (Fsp3) is 0.143. The summed E-state index contributed by atoms with van der Waals surface area (Å²) < 4.78 is 1.01. The molecule has 56 valence electrons. The van der Waals surface area contributed by atoms with Crippen LogP contribution >= 0.6 is 27.5 Å². The van der Waals surface area contributed by atoms with Gasteiger partial charge in [-0.15, -0.1) is 5.10 Å². The van der Waals surface area contributed by atoms with Crippen LogP contribution in [-0.2, 0) is 0 Å². The van der Waals surface area contributed by atoms with Gasteiger partial charge in [-0.1, -0.05) is 39.7 Å². The number of nitrogens with zero attached hydrogens (tertiary/aromatic N) is 2. The number of rotatable bonds is 0. The molecular formula is C7H4BrClN2. The Hall–Kier alpha value is -0.410. The van der Waals surface area contributed by atoms with E-state index in [1.807, 2.05) is 18.2 Å². The van der Waals surface area contributed by atoms with E-state index in [0.717, 1.165) is 10.2 Å². The van der Waals surface area contributed by atoms with Crippen molar-refractivity contribution in [3.8, 4) is 0 Å². The van der Waals surface area contributed by atoms with Gasteiger partial charge in [-0.2, -0.15) is 5.10 Å². The summed E-state index contributed by atoms with van der Waals surface area (Å²) in [6.45, 7) is 0. The van der Waals surface area contributed by atoms with Crippen molar-refractivity contribution in [3.05, 3.63) is 22.7 Å². The first kappa shape index (κ1) is 7.25. The van der Waals surface area contributed by atoms with Crippen LogP contribution in [0.3, 0.4) is 0 Å². The van der Waals surface area contributed by atoms with Crippen LogP contribution in [0.15, 0.2) is 32.9 Å². The average Bonchev–Trinajstić information content (AvgIpc) is 2.32. The normalized spacial score (nSPS) is 27.5. The summed E-state index contributed by atoms with van der Waals surface area (Å²) in [5, 5.41) is 8.22. The molecule has 2 rings (SSSR count). The zero-order valence-electron chi connectivity index (χ0n) is 5.46. The largest absolute Gasteiger partial charge is 0.153 e. The van der Waals surface area contributed by atoms with Gasteiger partial charge in [0.15, 0.2) is 0 Å². The summed E-state index contributed by atoms with van der Waals surface area (Å²) in [4.78, 5) is 0. The SMILES string of the molecule is ClC1=NN=C2C=C(Br)C=C[C@@H]12. The Balaban J connectivity index is 2.38. The second-order valence-electron chi connectivity index (χ2n) is 2.31. The number of halogens is 2. The molecule has 0 aromatic rings. The molecule has 1 aliphatic carbocycles. The standard InChI is InChI=1S/C7H4BrClN2/c8-4-1-2-5-6(3-4)10-11-7(5)9/h1-3,5H/t5-/m1/s1. The van der Waals surface area contributed by atoms with Crippen LogP contribution in [-0.4, -0.2) is 10.9 Å². The van der Waals surface area contributed by atoms with Crippen molar-refractivity contribution in [3.63, 3.8) is 0 Å². The van der Waals surface area contributed by atoms with E-state index in [4.69, 9.17) is 11.6 Å². The number of fused-ring (bicyclic) bond motifs is 1. The lowest BCUT2D eigenvalue weighted by Gasteiger charge is -2.07. The quantitative estimate of drug-likeness (QED) is 0.612. The zero-order chi connectivity index (χ0) is 7.84. The first-order valence-corrected chi connectivity index (χ1v) is 4.31. The maximum absolute atomic E-state index is 5.77. The van der Waals surface area contributed by atoms with Gasteiger partial charge in [-0.3, -0.25) is 0 Å². The Bertz CT molecular complexity index is 314. The summed E-state index contributed by atoms with van der Waals surface area (Å²) >= 11 is 9.12. The van der Waals surface area contributed by atoms with Crippen LogP contribution in [0.5, 0.6) is 0 Å².